The average Bonchev–Trinajstić information content (AvgIpc) is 3.09. The first-order valence-electron chi connectivity index (χ1n) is 13.1. The summed E-state index contributed by atoms with van der Waals surface area (Å²) >= 11 is 6.61. The lowest BCUT2D eigenvalue weighted by Gasteiger charge is -2.36. The first-order chi connectivity index (χ1) is 17.0. The number of carbonyl (C=O) groups excluding carboxylic acids is 2. The largest absolute Gasteiger partial charge is 0.343 e. The molecule has 1 unspecified atom stereocenters. The minimum Gasteiger partial charge on any atom is -0.343 e. The van der Waals surface area contributed by atoms with Crippen LogP contribution in [-0.2, 0) is 7.05 Å². The van der Waals surface area contributed by atoms with Crippen LogP contribution in [-0.4, -0.2) is 59.0 Å². The Morgan fingerprint density at radius 1 is 1.09 bits per heavy atom. The van der Waals surface area contributed by atoms with Crippen molar-refractivity contribution in [2.75, 3.05) is 42.9 Å². The van der Waals surface area contributed by atoms with Gasteiger partial charge in [-0.2, -0.15) is 0 Å². The number of halogens is 1. The summed E-state index contributed by atoms with van der Waals surface area (Å²) in [7, 11) is 1.78. The third-order valence-electron chi connectivity index (χ3n) is 7.71. The lowest BCUT2D eigenvalue weighted by atomic mass is 9.92. The van der Waals surface area contributed by atoms with Crippen LogP contribution < -0.4 is 10.2 Å². The number of nitrogens with zero attached hydrogens (tertiary/aromatic N) is 4. The highest BCUT2D eigenvalue weighted by atomic mass is 35.5. The molecule has 2 aromatic rings. The Morgan fingerprint density at radius 2 is 1.89 bits per heavy atom. The van der Waals surface area contributed by atoms with Crippen LogP contribution in [0.25, 0.3) is 0 Å². The molecule has 2 fully saturated rings. The summed E-state index contributed by atoms with van der Waals surface area (Å²) in [5, 5.41) is 3.35. The van der Waals surface area contributed by atoms with Crippen molar-refractivity contribution < 1.29 is 9.59 Å². The van der Waals surface area contributed by atoms with E-state index in [0.29, 0.717) is 33.7 Å². The number of anilines is 3. The van der Waals surface area contributed by atoms with Gasteiger partial charge in [-0.1, -0.05) is 36.6 Å². The Balaban J connectivity index is 1.30. The highest BCUT2D eigenvalue weighted by molar-refractivity contribution is 6.36. The summed E-state index contributed by atoms with van der Waals surface area (Å²) < 4.78 is 1.69. The molecule has 0 saturated carbocycles. The van der Waals surface area contributed by atoms with Gasteiger partial charge in [-0.3, -0.25) is 9.69 Å². The van der Waals surface area contributed by atoms with Gasteiger partial charge in [0.1, 0.15) is 11.4 Å². The van der Waals surface area contributed by atoms with E-state index in [1.165, 1.54) is 58.2 Å². The molecule has 35 heavy (non-hydrogen) atoms. The number of fused-ring (bicyclic) bond motifs is 2. The number of amides is 3. The summed E-state index contributed by atoms with van der Waals surface area (Å²) in [6.07, 6.45) is 11.5. The van der Waals surface area contributed by atoms with Gasteiger partial charge >= 0.3 is 6.03 Å². The lowest BCUT2D eigenvalue weighted by Crippen LogP contribution is -2.46. The maximum atomic E-state index is 14.0. The van der Waals surface area contributed by atoms with Gasteiger partial charge in [0.2, 0.25) is 0 Å². The third kappa shape index (κ3) is 5.07. The number of likely N-dealkylation sites (tertiary alicyclic amines) is 2. The van der Waals surface area contributed by atoms with E-state index in [0.717, 1.165) is 25.9 Å². The molecule has 0 spiro atoms. The predicted octanol–water partition coefficient (Wildman–Crippen LogP) is 5.87. The summed E-state index contributed by atoms with van der Waals surface area (Å²) in [5.74, 6) is 0.254. The molecule has 1 atom stereocenters. The molecule has 8 heteroatoms. The second-order valence-electron chi connectivity index (χ2n) is 10.2. The van der Waals surface area contributed by atoms with Gasteiger partial charge in [-0.05, 0) is 76.2 Å². The van der Waals surface area contributed by atoms with Crippen molar-refractivity contribution in [3.63, 3.8) is 0 Å². The number of hydrogen-bond acceptors (Lipinski definition) is 3. The minimum atomic E-state index is -0.262. The molecular formula is C27H36ClN5O2. The first kappa shape index (κ1) is 24.2. The predicted molar refractivity (Wildman–Crippen MR) is 141 cm³/mol. The number of para-hydroxylation sites is 2. The van der Waals surface area contributed by atoms with E-state index in [4.69, 9.17) is 11.6 Å². The SMILES string of the molecule is Cn1cc(Cl)c2c1C(=O)Nc1ccccc1N2C(=O)N1CCCC(CCCCN2CCCCC2)C1. The fourth-order valence-electron chi connectivity index (χ4n) is 5.90. The molecule has 0 bridgehead atoms. The molecule has 2 saturated heterocycles. The van der Waals surface area contributed by atoms with Crippen molar-refractivity contribution in [1.82, 2.24) is 14.4 Å². The van der Waals surface area contributed by atoms with E-state index in [9.17, 15) is 9.59 Å². The van der Waals surface area contributed by atoms with Crippen LogP contribution in [0.15, 0.2) is 30.5 Å². The monoisotopic (exact) mass is 497 g/mol. The Kier molecular flexibility index (Phi) is 7.35. The molecule has 1 aromatic heterocycles. The smallest absolute Gasteiger partial charge is 0.329 e. The second kappa shape index (κ2) is 10.6. The number of benzene rings is 1. The van der Waals surface area contributed by atoms with E-state index in [1.807, 2.05) is 29.2 Å². The number of piperidine rings is 2. The molecular weight excluding hydrogens is 462 g/mol. The normalized spacial score (nSPS) is 20.7. The molecule has 1 N–H and O–H groups in total. The van der Waals surface area contributed by atoms with Gasteiger partial charge in [0.05, 0.1) is 16.4 Å². The van der Waals surface area contributed by atoms with Crippen LogP contribution in [0.5, 0.6) is 0 Å². The standard InChI is InChI=1S/C27H36ClN5O2/c1-30-19-21(28)24-25(30)26(34)29-22-12-3-4-13-23(22)33(24)27(35)32-17-9-11-20(18-32)10-5-8-16-31-14-6-2-7-15-31/h3-4,12-13,19-20H,2,5-11,14-18H2,1H3,(H,29,34). The van der Waals surface area contributed by atoms with Crippen molar-refractivity contribution in [3.05, 3.63) is 41.2 Å². The molecule has 188 valence electrons. The quantitative estimate of drug-likeness (QED) is 0.525. The molecule has 1 aromatic carbocycles. The molecule has 3 aliphatic heterocycles. The van der Waals surface area contributed by atoms with Crippen molar-refractivity contribution in [3.8, 4) is 0 Å². The van der Waals surface area contributed by atoms with Crippen LogP contribution in [0.4, 0.5) is 21.9 Å². The zero-order chi connectivity index (χ0) is 24.4. The molecule has 3 amide bonds. The number of rotatable bonds is 5. The number of aryl methyl sites for hydroxylation is 1. The average molecular weight is 498 g/mol. The topological polar surface area (TPSA) is 60.8 Å². The van der Waals surface area contributed by atoms with E-state index in [1.54, 1.807) is 22.7 Å². The van der Waals surface area contributed by atoms with Gasteiger partial charge in [0.25, 0.3) is 5.91 Å². The van der Waals surface area contributed by atoms with E-state index >= 15 is 0 Å². The van der Waals surface area contributed by atoms with E-state index in [-0.39, 0.29) is 11.9 Å². The summed E-state index contributed by atoms with van der Waals surface area (Å²) in [4.78, 5) is 33.2. The van der Waals surface area contributed by atoms with Crippen LogP contribution in [0.1, 0.15) is 61.9 Å². The van der Waals surface area contributed by atoms with Crippen LogP contribution in [0.2, 0.25) is 5.02 Å². The number of carbonyl (C=O) groups is 2. The molecule has 0 radical (unpaired) electrons. The minimum absolute atomic E-state index is 0.110. The third-order valence-corrected chi connectivity index (χ3v) is 7.98. The number of aromatic nitrogens is 1. The Morgan fingerprint density at radius 3 is 2.71 bits per heavy atom. The van der Waals surface area contributed by atoms with Crippen LogP contribution in [0.3, 0.4) is 0 Å². The summed E-state index contributed by atoms with van der Waals surface area (Å²) in [6, 6.07) is 7.33. The summed E-state index contributed by atoms with van der Waals surface area (Å²) in [5.41, 5.74) is 2.13. The zero-order valence-electron chi connectivity index (χ0n) is 20.6. The van der Waals surface area contributed by atoms with Gasteiger partial charge in [0, 0.05) is 26.3 Å². The van der Waals surface area contributed by atoms with Crippen molar-refractivity contribution in [1.29, 1.82) is 0 Å². The fraction of sp³-hybridized carbons (Fsp3) is 0.556. The zero-order valence-corrected chi connectivity index (χ0v) is 21.4. The maximum absolute atomic E-state index is 14.0. The molecule has 3 aliphatic rings. The van der Waals surface area contributed by atoms with Gasteiger partial charge < -0.3 is 19.7 Å². The Labute approximate surface area is 213 Å². The van der Waals surface area contributed by atoms with E-state index in [2.05, 4.69) is 10.2 Å². The molecule has 5 rings (SSSR count). The van der Waals surface area contributed by atoms with Crippen molar-refractivity contribution in [2.24, 2.45) is 13.0 Å². The second-order valence-corrected chi connectivity index (χ2v) is 10.6. The number of unbranched alkanes of at least 4 members (excludes halogenated alkanes) is 1. The molecule has 7 nitrogen and oxygen atoms in total. The fourth-order valence-corrected chi connectivity index (χ4v) is 6.22. The van der Waals surface area contributed by atoms with Crippen LogP contribution in [0, 0.1) is 5.92 Å². The van der Waals surface area contributed by atoms with Crippen LogP contribution >= 0.6 is 11.6 Å². The van der Waals surface area contributed by atoms with Gasteiger partial charge in [0.15, 0.2) is 0 Å². The molecule has 0 aliphatic carbocycles. The lowest BCUT2D eigenvalue weighted by molar-refractivity contribution is 0.102. The number of urea groups is 1. The number of nitrogens with one attached hydrogen (secondary N) is 1. The Hall–Kier alpha value is -2.51. The maximum Gasteiger partial charge on any atom is 0.329 e. The van der Waals surface area contributed by atoms with Crippen molar-refractivity contribution in [2.45, 2.75) is 51.4 Å². The summed E-state index contributed by atoms with van der Waals surface area (Å²) in [6.45, 7) is 5.19. The highest BCUT2D eigenvalue weighted by Crippen LogP contribution is 2.43. The highest BCUT2D eigenvalue weighted by Gasteiger charge is 2.37. The Bertz CT molecular complexity index is 1080. The van der Waals surface area contributed by atoms with Crippen molar-refractivity contribution >= 4 is 40.6 Å². The van der Waals surface area contributed by atoms with E-state index < -0.39 is 0 Å². The first-order valence-corrected chi connectivity index (χ1v) is 13.5. The number of hydrogen-bond donors (Lipinski definition) is 1. The van der Waals surface area contributed by atoms with Gasteiger partial charge in [-0.25, -0.2) is 4.79 Å². The molecule has 4 heterocycles. The van der Waals surface area contributed by atoms with Gasteiger partial charge in [-0.15, -0.1) is 0 Å².